The predicted molar refractivity (Wildman–Crippen MR) is 104 cm³/mol. The van der Waals surface area contributed by atoms with Crippen molar-refractivity contribution in [1.82, 2.24) is 9.97 Å². The Kier molecular flexibility index (Phi) is 4.35. The average molecular weight is 375 g/mol. The van der Waals surface area contributed by atoms with Gasteiger partial charge in [0.15, 0.2) is 5.13 Å². The van der Waals surface area contributed by atoms with Crippen molar-refractivity contribution in [2.45, 2.75) is 0 Å². The van der Waals surface area contributed by atoms with Gasteiger partial charge in [0.2, 0.25) is 0 Å². The Hall–Kier alpha value is -3.58. The quantitative estimate of drug-likeness (QED) is 0.554. The molecule has 4 rings (SSSR count). The minimum Gasteiger partial charge on any atom is -0.478 e. The van der Waals surface area contributed by atoms with Gasteiger partial charge in [-0.25, -0.2) is 9.78 Å². The Morgan fingerprint density at radius 2 is 1.81 bits per heavy atom. The number of nitrogens with zero attached hydrogens (tertiary/aromatic N) is 2. The first-order valence-electron chi connectivity index (χ1n) is 8.05. The van der Waals surface area contributed by atoms with Gasteiger partial charge in [0.1, 0.15) is 0 Å². The number of anilines is 1. The molecule has 2 N–H and O–H groups in total. The molecule has 7 heteroatoms. The smallest absolute Gasteiger partial charge is 0.338 e. The third-order valence-electron chi connectivity index (χ3n) is 4.07. The van der Waals surface area contributed by atoms with E-state index in [9.17, 15) is 14.7 Å². The van der Waals surface area contributed by atoms with E-state index >= 15 is 0 Å². The van der Waals surface area contributed by atoms with Gasteiger partial charge in [0.05, 0.1) is 16.8 Å². The number of rotatable bonds is 4. The van der Waals surface area contributed by atoms with Crippen molar-refractivity contribution in [2.24, 2.45) is 0 Å². The van der Waals surface area contributed by atoms with Crippen LogP contribution in [0, 0.1) is 0 Å². The fourth-order valence-corrected chi connectivity index (χ4v) is 3.45. The summed E-state index contributed by atoms with van der Waals surface area (Å²) in [7, 11) is 0. The Morgan fingerprint density at radius 1 is 1.00 bits per heavy atom. The number of aromatic carboxylic acids is 1. The van der Waals surface area contributed by atoms with Crippen LogP contribution in [0.3, 0.4) is 0 Å². The molecule has 6 nitrogen and oxygen atoms in total. The lowest BCUT2D eigenvalue weighted by Gasteiger charge is -2.04. The third kappa shape index (κ3) is 3.40. The maximum atomic E-state index is 12.4. The fraction of sp³-hybridized carbons (Fsp3) is 0. The van der Waals surface area contributed by atoms with Crippen molar-refractivity contribution in [2.75, 3.05) is 5.32 Å². The van der Waals surface area contributed by atoms with E-state index in [1.807, 2.05) is 47.8 Å². The molecule has 27 heavy (non-hydrogen) atoms. The Bertz CT molecular complexity index is 1170. The summed E-state index contributed by atoms with van der Waals surface area (Å²) in [6.07, 6.45) is 2.53. The monoisotopic (exact) mass is 375 g/mol. The van der Waals surface area contributed by atoms with Gasteiger partial charge in [-0.2, -0.15) is 0 Å². The van der Waals surface area contributed by atoms with Crippen molar-refractivity contribution in [1.29, 1.82) is 0 Å². The molecule has 0 aliphatic rings. The highest BCUT2D eigenvalue weighted by molar-refractivity contribution is 7.14. The van der Waals surface area contributed by atoms with Crippen LogP contribution < -0.4 is 5.32 Å². The molecule has 2 aromatic heterocycles. The van der Waals surface area contributed by atoms with Crippen molar-refractivity contribution in [3.05, 3.63) is 77.4 Å². The fourth-order valence-electron chi connectivity index (χ4n) is 2.74. The van der Waals surface area contributed by atoms with E-state index in [1.165, 1.54) is 23.6 Å². The lowest BCUT2D eigenvalue weighted by Crippen LogP contribution is -2.16. The Balaban J connectivity index is 1.59. The minimum atomic E-state index is -1.20. The van der Waals surface area contributed by atoms with Gasteiger partial charge >= 0.3 is 5.97 Å². The number of hydrogen-bond acceptors (Lipinski definition) is 5. The zero-order valence-corrected chi connectivity index (χ0v) is 14.7. The number of thiazole rings is 1. The van der Waals surface area contributed by atoms with Gasteiger partial charge in [0, 0.05) is 23.3 Å². The van der Waals surface area contributed by atoms with E-state index in [2.05, 4.69) is 15.3 Å². The van der Waals surface area contributed by atoms with Crippen LogP contribution in [0.2, 0.25) is 0 Å². The molecule has 1 amide bonds. The maximum Gasteiger partial charge on any atom is 0.338 e. The standard InChI is InChI=1S/C20H13N3O3S/c24-18(15-7-8-21-10-16(15)19(25)26)23-20-22-17(11-27-20)14-6-5-12-3-1-2-4-13(12)9-14/h1-11H,(H,25,26)(H,22,23,24). The van der Waals surface area contributed by atoms with Gasteiger partial charge in [0.25, 0.3) is 5.91 Å². The highest BCUT2D eigenvalue weighted by Crippen LogP contribution is 2.28. The van der Waals surface area contributed by atoms with E-state index in [0.717, 1.165) is 28.2 Å². The summed E-state index contributed by atoms with van der Waals surface area (Å²) in [6, 6.07) is 15.5. The number of aromatic nitrogens is 2. The van der Waals surface area contributed by atoms with E-state index < -0.39 is 11.9 Å². The zero-order valence-electron chi connectivity index (χ0n) is 13.9. The highest BCUT2D eigenvalue weighted by Gasteiger charge is 2.17. The number of fused-ring (bicyclic) bond motifs is 1. The Labute approximate surface area is 158 Å². The molecule has 0 aliphatic carbocycles. The summed E-state index contributed by atoms with van der Waals surface area (Å²) < 4.78 is 0. The predicted octanol–water partition coefficient (Wildman–Crippen LogP) is 4.31. The van der Waals surface area contributed by atoms with Crippen molar-refractivity contribution in [3.8, 4) is 11.3 Å². The van der Waals surface area contributed by atoms with Gasteiger partial charge in [-0.1, -0.05) is 36.4 Å². The summed E-state index contributed by atoms with van der Waals surface area (Å²) in [5.74, 6) is -1.74. The average Bonchev–Trinajstić information content (AvgIpc) is 3.16. The molecule has 0 radical (unpaired) electrons. The molecule has 4 aromatic rings. The van der Waals surface area contributed by atoms with Gasteiger partial charge in [-0.3, -0.25) is 15.1 Å². The molecule has 132 valence electrons. The van der Waals surface area contributed by atoms with Crippen LogP contribution >= 0.6 is 11.3 Å². The molecule has 0 spiro atoms. The second-order valence-corrected chi connectivity index (χ2v) is 6.64. The number of carboxylic acid groups (broad SMARTS) is 1. The van der Waals surface area contributed by atoms with Crippen molar-refractivity contribution in [3.63, 3.8) is 0 Å². The molecule has 0 bridgehead atoms. The van der Waals surface area contributed by atoms with Crippen LogP contribution in [0.5, 0.6) is 0 Å². The second kappa shape index (κ2) is 6.97. The van der Waals surface area contributed by atoms with E-state index in [4.69, 9.17) is 0 Å². The lowest BCUT2D eigenvalue weighted by atomic mass is 10.1. The summed E-state index contributed by atoms with van der Waals surface area (Å²) in [5.41, 5.74) is 1.58. The van der Waals surface area contributed by atoms with Gasteiger partial charge < -0.3 is 5.11 Å². The van der Waals surface area contributed by atoms with Crippen molar-refractivity contribution < 1.29 is 14.7 Å². The molecule has 0 atom stereocenters. The normalized spacial score (nSPS) is 10.7. The number of carbonyl (C=O) groups excluding carboxylic acids is 1. The van der Waals surface area contributed by atoms with Crippen LogP contribution in [0.15, 0.2) is 66.3 Å². The highest BCUT2D eigenvalue weighted by atomic mass is 32.1. The number of carbonyl (C=O) groups is 2. The maximum absolute atomic E-state index is 12.4. The molecule has 0 saturated carbocycles. The molecule has 0 aliphatic heterocycles. The number of amides is 1. The first-order chi connectivity index (χ1) is 13.1. The summed E-state index contributed by atoms with van der Waals surface area (Å²) in [6.45, 7) is 0. The molecule has 2 aromatic carbocycles. The van der Waals surface area contributed by atoms with Crippen LogP contribution in [-0.2, 0) is 0 Å². The number of carboxylic acids is 1. The van der Waals surface area contributed by atoms with E-state index in [0.29, 0.717) is 5.13 Å². The van der Waals surface area contributed by atoms with Crippen LogP contribution in [-0.4, -0.2) is 27.0 Å². The molecule has 0 fully saturated rings. The van der Waals surface area contributed by atoms with E-state index in [1.54, 1.807) is 0 Å². The van der Waals surface area contributed by atoms with Crippen LogP contribution in [0.25, 0.3) is 22.0 Å². The van der Waals surface area contributed by atoms with E-state index in [-0.39, 0.29) is 11.1 Å². The Morgan fingerprint density at radius 3 is 2.63 bits per heavy atom. The number of nitrogens with one attached hydrogen (secondary N) is 1. The molecule has 2 heterocycles. The number of pyridine rings is 1. The summed E-state index contributed by atoms with van der Waals surface area (Å²) in [4.78, 5) is 31.9. The van der Waals surface area contributed by atoms with Crippen molar-refractivity contribution >= 4 is 39.1 Å². The molecule has 0 saturated heterocycles. The SMILES string of the molecule is O=C(O)c1cnccc1C(=O)Nc1nc(-c2ccc3ccccc3c2)cs1. The number of benzene rings is 2. The van der Waals surface area contributed by atoms with Gasteiger partial charge in [-0.05, 0) is 22.9 Å². The molecular formula is C20H13N3O3S. The van der Waals surface area contributed by atoms with Crippen LogP contribution in [0.4, 0.5) is 5.13 Å². The lowest BCUT2D eigenvalue weighted by molar-refractivity contribution is 0.0692. The summed E-state index contributed by atoms with van der Waals surface area (Å²) in [5, 5.41) is 16.3. The molecule has 0 unspecified atom stereocenters. The molecular weight excluding hydrogens is 362 g/mol. The van der Waals surface area contributed by atoms with Gasteiger partial charge in [-0.15, -0.1) is 11.3 Å². The second-order valence-electron chi connectivity index (χ2n) is 5.78. The third-order valence-corrected chi connectivity index (χ3v) is 4.82. The first-order valence-corrected chi connectivity index (χ1v) is 8.93. The minimum absolute atomic E-state index is 0.0416. The summed E-state index contributed by atoms with van der Waals surface area (Å²) >= 11 is 1.28. The largest absolute Gasteiger partial charge is 0.478 e. The zero-order chi connectivity index (χ0) is 18.8. The van der Waals surface area contributed by atoms with Crippen LogP contribution in [0.1, 0.15) is 20.7 Å². The topological polar surface area (TPSA) is 92.2 Å². The number of hydrogen-bond donors (Lipinski definition) is 2. The first kappa shape index (κ1) is 16.9.